The number of hydrogen-bond donors (Lipinski definition) is 0. The predicted molar refractivity (Wildman–Crippen MR) is 108 cm³/mol. The Kier molecular flexibility index (Phi) is 11.2. The van der Waals surface area contributed by atoms with Crippen molar-refractivity contribution in [2.45, 2.75) is 53.4 Å². The Morgan fingerprint density at radius 3 is 2.19 bits per heavy atom. The highest BCUT2D eigenvalue weighted by Gasteiger charge is 2.20. The SMILES string of the molecule is CC[C@@H](C(=O)OCCOCCN(CC)CC)c1ccc(CC(C)C)cc1. The van der Waals surface area contributed by atoms with Crippen molar-refractivity contribution in [3.8, 4) is 0 Å². The highest BCUT2D eigenvalue weighted by Crippen LogP contribution is 2.22. The van der Waals surface area contributed by atoms with Gasteiger partial charge >= 0.3 is 5.97 Å². The summed E-state index contributed by atoms with van der Waals surface area (Å²) in [7, 11) is 0. The summed E-state index contributed by atoms with van der Waals surface area (Å²) in [6, 6.07) is 8.38. The minimum atomic E-state index is -0.196. The topological polar surface area (TPSA) is 38.8 Å². The van der Waals surface area contributed by atoms with Crippen molar-refractivity contribution >= 4 is 5.97 Å². The number of benzene rings is 1. The quantitative estimate of drug-likeness (QED) is 0.387. The number of rotatable bonds is 13. The number of nitrogens with zero attached hydrogens (tertiary/aromatic N) is 1. The van der Waals surface area contributed by atoms with Gasteiger partial charge in [0.05, 0.1) is 19.1 Å². The fraction of sp³-hybridized carbons (Fsp3) is 0.682. The van der Waals surface area contributed by atoms with Crippen LogP contribution in [-0.2, 0) is 20.7 Å². The molecule has 4 heteroatoms. The predicted octanol–water partition coefficient (Wildman–Crippen LogP) is 4.28. The first-order chi connectivity index (χ1) is 12.5. The highest BCUT2D eigenvalue weighted by atomic mass is 16.6. The van der Waals surface area contributed by atoms with E-state index in [0.29, 0.717) is 25.7 Å². The summed E-state index contributed by atoms with van der Waals surface area (Å²) in [5.74, 6) is 0.282. The fourth-order valence-corrected chi connectivity index (χ4v) is 3.03. The van der Waals surface area contributed by atoms with Crippen molar-refractivity contribution in [2.75, 3.05) is 39.5 Å². The molecule has 0 bridgehead atoms. The normalized spacial score (nSPS) is 12.6. The Hall–Kier alpha value is -1.39. The molecule has 0 saturated heterocycles. The monoisotopic (exact) mass is 363 g/mol. The summed E-state index contributed by atoms with van der Waals surface area (Å²) in [5.41, 5.74) is 2.35. The van der Waals surface area contributed by atoms with Crippen molar-refractivity contribution < 1.29 is 14.3 Å². The second-order valence-corrected chi connectivity index (χ2v) is 7.11. The van der Waals surface area contributed by atoms with Gasteiger partial charge in [-0.3, -0.25) is 4.79 Å². The number of hydrogen-bond acceptors (Lipinski definition) is 4. The molecule has 0 aliphatic heterocycles. The number of esters is 1. The van der Waals surface area contributed by atoms with Crippen LogP contribution in [0.15, 0.2) is 24.3 Å². The molecule has 26 heavy (non-hydrogen) atoms. The Bertz CT molecular complexity index is 495. The van der Waals surface area contributed by atoms with Crippen LogP contribution in [-0.4, -0.2) is 50.3 Å². The van der Waals surface area contributed by atoms with E-state index < -0.39 is 0 Å². The van der Waals surface area contributed by atoms with Crippen LogP contribution in [0, 0.1) is 5.92 Å². The summed E-state index contributed by atoms with van der Waals surface area (Å²) in [6.45, 7) is 15.2. The van der Waals surface area contributed by atoms with E-state index in [2.05, 4.69) is 56.9 Å². The van der Waals surface area contributed by atoms with Crippen molar-refractivity contribution in [3.63, 3.8) is 0 Å². The Morgan fingerprint density at radius 1 is 1.00 bits per heavy atom. The molecule has 1 atom stereocenters. The van der Waals surface area contributed by atoms with Gasteiger partial charge < -0.3 is 14.4 Å². The van der Waals surface area contributed by atoms with E-state index in [9.17, 15) is 4.79 Å². The molecule has 0 aromatic heterocycles. The highest BCUT2D eigenvalue weighted by molar-refractivity contribution is 5.78. The molecule has 1 aromatic carbocycles. The van der Waals surface area contributed by atoms with Crippen molar-refractivity contribution in [1.82, 2.24) is 4.90 Å². The molecule has 4 nitrogen and oxygen atoms in total. The average Bonchev–Trinajstić information content (AvgIpc) is 2.63. The number of likely N-dealkylation sites (N-methyl/N-ethyl adjacent to an activating group) is 1. The van der Waals surface area contributed by atoms with E-state index >= 15 is 0 Å². The molecule has 0 fully saturated rings. The van der Waals surface area contributed by atoms with Crippen molar-refractivity contribution in [1.29, 1.82) is 0 Å². The number of ether oxygens (including phenoxy) is 2. The van der Waals surface area contributed by atoms with Crippen LogP contribution in [0.1, 0.15) is 58.1 Å². The van der Waals surface area contributed by atoms with E-state index in [1.54, 1.807) is 0 Å². The van der Waals surface area contributed by atoms with Gasteiger partial charge in [0, 0.05) is 6.54 Å². The third-order valence-electron chi connectivity index (χ3n) is 4.64. The van der Waals surface area contributed by atoms with E-state index in [1.165, 1.54) is 5.56 Å². The molecule has 0 heterocycles. The van der Waals surface area contributed by atoms with Gasteiger partial charge in [-0.2, -0.15) is 0 Å². The molecule has 0 radical (unpaired) electrons. The summed E-state index contributed by atoms with van der Waals surface area (Å²) < 4.78 is 11.0. The van der Waals surface area contributed by atoms with Crippen LogP contribution in [0.4, 0.5) is 0 Å². The zero-order valence-corrected chi connectivity index (χ0v) is 17.3. The van der Waals surface area contributed by atoms with Gasteiger partial charge in [0.15, 0.2) is 0 Å². The Labute approximate surface area is 159 Å². The molecule has 0 unspecified atom stereocenters. The largest absolute Gasteiger partial charge is 0.463 e. The van der Waals surface area contributed by atoms with Gasteiger partial charge in [-0.25, -0.2) is 0 Å². The van der Waals surface area contributed by atoms with E-state index in [-0.39, 0.29) is 11.9 Å². The maximum atomic E-state index is 12.4. The van der Waals surface area contributed by atoms with Gasteiger partial charge in [0.25, 0.3) is 0 Å². The second-order valence-electron chi connectivity index (χ2n) is 7.11. The van der Waals surface area contributed by atoms with Crippen LogP contribution >= 0.6 is 0 Å². The van der Waals surface area contributed by atoms with E-state index in [4.69, 9.17) is 9.47 Å². The van der Waals surface area contributed by atoms with Crippen LogP contribution in [0.3, 0.4) is 0 Å². The minimum Gasteiger partial charge on any atom is -0.463 e. The van der Waals surface area contributed by atoms with Crippen molar-refractivity contribution in [3.05, 3.63) is 35.4 Å². The lowest BCUT2D eigenvalue weighted by molar-refractivity contribution is -0.147. The molecule has 0 spiro atoms. The average molecular weight is 364 g/mol. The molecule has 0 N–H and O–H groups in total. The summed E-state index contributed by atoms with van der Waals surface area (Å²) >= 11 is 0. The molecule has 0 aliphatic carbocycles. The van der Waals surface area contributed by atoms with Crippen LogP contribution in [0.25, 0.3) is 0 Å². The smallest absolute Gasteiger partial charge is 0.313 e. The molecule has 0 saturated carbocycles. The molecular weight excluding hydrogens is 326 g/mol. The van der Waals surface area contributed by atoms with Crippen molar-refractivity contribution in [2.24, 2.45) is 5.92 Å². The van der Waals surface area contributed by atoms with Gasteiger partial charge in [0.2, 0.25) is 0 Å². The summed E-state index contributed by atoms with van der Waals surface area (Å²) in [6.07, 6.45) is 1.80. The lowest BCUT2D eigenvalue weighted by atomic mass is 9.94. The zero-order chi connectivity index (χ0) is 19.4. The lowest BCUT2D eigenvalue weighted by Gasteiger charge is -2.18. The number of carbonyl (C=O) groups is 1. The Morgan fingerprint density at radius 2 is 1.65 bits per heavy atom. The Balaban J connectivity index is 2.37. The zero-order valence-electron chi connectivity index (χ0n) is 17.3. The van der Waals surface area contributed by atoms with Crippen LogP contribution < -0.4 is 0 Å². The van der Waals surface area contributed by atoms with E-state index in [0.717, 1.165) is 38.0 Å². The van der Waals surface area contributed by atoms with Gasteiger partial charge in [-0.1, -0.05) is 58.9 Å². The molecule has 0 aliphatic rings. The maximum absolute atomic E-state index is 12.4. The van der Waals surface area contributed by atoms with Crippen LogP contribution in [0.5, 0.6) is 0 Å². The van der Waals surface area contributed by atoms with Gasteiger partial charge in [-0.15, -0.1) is 0 Å². The third kappa shape index (κ3) is 8.33. The molecular formula is C22H37NO3. The first-order valence-electron chi connectivity index (χ1n) is 10.1. The number of carbonyl (C=O) groups excluding carboxylic acids is 1. The summed E-state index contributed by atoms with van der Waals surface area (Å²) in [4.78, 5) is 14.7. The standard InChI is InChI=1S/C22H37NO3/c1-6-21(20-11-9-19(10-12-20)17-18(4)5)22(24)26-16-15-25-14-13-23(7-2)8-3/h9-12,18,21H,6-8,13-17H2,1-5H3/t21-/m1/s1. The first-order valence-corrected chi connectivity index (χ1v) is 10.1. The lowest BCUT2D eigenvalue weighted by Crippen LogP contribution is -2.27. The minimum absolute atomic E-state index is 0.156. The summed E-state index contributed by atoms with van der Waals surface area (Å²) in [5, 5.41) is 0. The maximum Gasteiger partial charge on any atom is 0.313 e. The first kappa shape index (κ1) is 22.7. The third-order valence-corrected chi connectivity index (χ3v) is 4.64. The fourth-order valence-electron chi connectivity index (χ4n) is 3.03. The molecule has 148 valence electrons. The van der Waals surface area contributed by atoms with Gasteiger partial charge in [0.1, 0.15) is 6.61 Å². The van der Waals surface area contributed by atoms with Gasteiger partial charge in [-0.05, 0) is 43.0 Å². The molecule has 0 amide bonds. The molecule has 1 rings (SSSR count). The molecule has 1 aromatic rings. The van der Waals surface area contributed by atoms with Crippen LogP contribution in [0.2, 0.25) is 0 Å². The van der Waals surface area contributed by atoms with E-state index in [1.807, 2.05) is 6.92 Å². The second kappa shape index (κ2) is 12.9.